The van der Waals surface area contributed by atoms with Crippen LogP contribution in [0.15, 0.2) is 12.4 Å². The first-order valence-corrected chi connectivity index (χ1v) is 8.85. The van der Waals surface area contributed by atoms with Crippen LogP contribution in [-0.4, -0.2) is 40.7 Å². The van der Waals surface area contributed by atoms with E-state index < -0.39 is 0 Å². The number of aryl methyl sites for hydroxylation is 1. The molecule has 0 fully saturated rings. The van der Waals surface area contributed by atoms with E-state index in [1.165, 1.54) is 0 Å². The van der Waals surface area contributed by atoms with Crippen LogP contribution in [0.3, 0.4) is 0 Å². The number of halogens is 1. The molecule has 0 bridgehead atoms. The Morgan fingerprint density at radius 2 is 2.15 bits per heavy atom. The average Bonchev–Trinajstić information content (AvgIpc) is 3.19. The first kappa shape index (κ1) is 19.1. The number of aromatic nitrogens is 4. The fraction of sp³-hybridized carbons (Fsp3) is 0.368. The number of fused-ring (bicyclic) bond motifs is 1. The Morgan fingerprint density at radius 1 is 1.37 bits per heavy atom. The molecule has 3 rings (SSSR count). The summed E-state index contributed by atoms with van der Waals surface area (Å²) in [5.41, 5.74) is 4.35. The summed E-state index contributed by atoms with van der Waals surface area (Å²) in [6, 6.07) is 0. The van der Waals surface area contributed by atoms with E-state index in [2.05, 4.69) is 22.0 Å². The van der Waals surface area contributed by atoms with Crippen molar-refractivity contribution in [3.05, 3.63) is 39.9 Å². The Labute approximate surface area is 162 Å². The molecule has 8 heteroatoms. The first-order chi connectivity index (χ1) is 13.0. The number of nitrogens with zero attached hydrogens (tertiary/aromatic N) is 3. The first-order valence-electron chi connectivity index (χ1n) is 8.47. The van der Waals surface area contributed by atoms with Crippen molar-refractivity contribution in [1.82, 2.24) is 14.8 Å². The van der Waals surface area contributed by atoms with E-state index in [1.807, 2.05) is 30.8 Å². The number of rotatable bonds is 5. The third kappa shape index (κ3) is 3.46. The van der Waals surface area contributed by atoms with Crippen molar-refractivity contribution in [2.45, 2.75) is 26.8 Å². The molecule has 2 N–H and O–H groups in total. The summed E-state index contributed by atoms with van der Waals surface area (Å²) >= 11 is 6.27. The second-order valence-electron chi connectivity index (χ2n) is 6.11. The smallest absolute Gasteiger partial charge is 0.260 e. The molecule has 0 saturated carbocycles. The number of H-pyrrole nitrogens is 1. The quantitative estimate of drug-likeness (QED) is 0.515. The fourth-order valence-corrected chi connectivity index (χ4v) is 3.43. The molecule has 3 aromatic heterocycles. The van der Waals surface area contributed by atoms with Gasteiger partial charge in [0.2, 0.25) is 6.20 Å². The number of aliphatic hydroxyl groups is 1. The monoisotopic (exact) mass is 389 g/mol. The molecule has 0 aliphatic rings. The topological polar surface area (TPSA) is 76.2 Å². The second-order valence-corrected chi connectivity index (χ2v) is 6.49. The maximum atomic E-state index is 8.95. The summed E-state index contributed by atoms with van der Waals surface area (Å²) in [7, 11) is 3.28. The highest BCUT2D eigenvalue weighted by Gasteiger charge is 2.24. The summed E-state index contributed by atoms with van der Waals surface area (Å²) in [5.74, 6) is 6.82. The zero-order valence-electron chi connectivity index (χ0n) is 15.8. The van der Waals surface area contributed by atoms with Gasteiger partial charge in [-0.3, -0.25) is 9.94 Å². The van der Waals surface area contributed by atoms with Gasteiger partial charge in [0.05, 0.1) is 35.8 Å². The van der Waals surface area contributed by atoms with E-state index in [-0.39, 0.29) is 6.61 Å². The predicted molar refractivity (Wildman–Crippen MR) is 102 cm³/mol. The largest absolute Gasteiger partial charge is 0.496 e. The van der Waals surface area contributed by atoms with E-state index in [1.54, 1.807) is 19.0 Å². The van der Waals surface area contributed by atoms with Gasteiger partial charge >= 0.3 is 0 Å². The Morgan fingerprint density at radius 3 is 2.81 bits per heavy atom. The molecule has 142 valence electrons. The maximum Gasteiger partial charge on any atom is 0.260 e. The summed E-state index contributed by atoms with van der Waals surface area (Å²) in [4.78, 5) is 5.52. The highest BCUT2D eigenvalue weighted by Crippen LogP contribution is 2.28. The van der Waals surface area contributed by atoms with E-state index in [0.717, 1.165) is 33.5 Å². The van der Waals surface area contributed by atoms with Crippen LogP contribution in [0.1, 0.15) is 28.8 Å². The predicted octanol–water partition coefficient (Wildman–Crippen LogP) is 1.77. The second kappa shape index (κ2) is 7.91. The molecule has 0 unspecified atom stereocenters. The molecule has 0 saturated heterocycles. The summed E-state index contributed by atoms with van der Waals surface area (Å²) in [5, 5.41) is 17.3. The van der Waals surface area contributed by atoms with Crippen LogP contribution >= 0.6 is 11.6 Å². The van der Waals surface area contributed by atoms with Gasteiger partial charge in [0.1, 0.15) is 24.6 Å². The van der Waals surface area contributed by atoms with Gasteiger partial charge in [-0.15, -0.1) is 0 Å². The van der Waals surface area contributed by atoms with Gasteiger partial charge in [-0.05, 0) is 13.8 Å². The number of aromatic amines is 1. The molecule has 0 radical (unpaired) electrons. The summed E-state index contributed by atoms with van der Waals surface area (Å²) < 4.78 is 9.24. The van der Waals surface area contributed by atoms with Gasteiger partial charge in [-0.25, -0.2) is 0 Å². The number of hydrogen-bond acceptors (Lipinski definition) is 4. The van der Waals surface area contributed by atoms with Crippen molar-refractivity contribution >= 4 is 22.6 Å². The normalized spacial score (nSPS) is 10.7. The highest BCUT2D eigenvalue weighted by molar-refractivity contribution is 6.34. The highest BCUT2D eigenvalue weighted by atomic mass is 35.5. The van der Waals surface area contributed by atoms with Gasteiger partial charge in [0.25, 0.3) is 5.69 Å². The number of hydrogen-bond donors (Lipinski definition) is 2. The van der Waals surface area contributed by atoms with Crippen molar-refractivity contribution < 1.29 is 19.4 Å². The third-order valence-electron chi connectivity index (χ3n) is 4.42. The van der Waals surface area contributed by atoms with Gasteiger partial charge in [0.15, 0.2) is 5.65 Å². The Kier molecular flexibility index (Phi) is 5.59. The van der Waals surface area contributed by atoms with E-state index >= 15 is 0 Å². The minimum absolute atomic E-state index is 0.0200. The molecule has 3 heterocycles. The number of ether oxygens (including phenoxy) is 1. The number of aliphatic hydroxyl groups excluding tert-OH is 1. The maximum absolute atomic E-state index is 8.95. The lowest BCUT2D eigenvalue weighted by Gasteiger charge is -2.11. The third-order valence-corrected chi connectivity index (χ3v) is 4.69. The van der Waals surface area contributed by atoms with Crippen molar-refractivity contribution in [2.24, 2.45) is 0 Å². The van der Waals surface area contributed by atoms with Crippen molar-refractivity contribution in [2.75, 3.05) is 20.8 Å². The molecule has 0 atom stereocenters. The Bertz CT molecular complexity index is 1040. The van der Waals surface area contributed by atoms with Crippen LogP contribution in [0.25, 0.3) is 11.0 Å². The Hall–Kier alpha value is -2.69. The lowest BCUT2D eigenvalue weighted by atomic mass is 10.1. The zero-order chi connectivity index (χ0) is 19.6. The fourth-order valence-electron chi connectivity index (χ4n) is 3.20. The van der Waals surface area contributed by atoms with E-state index in [4.69, 9.17) is 26.3 Å². The average molecular weight is 390 g/mol. The molecule has 0 aromatic carbocycles. The summed E-state index contributed by atoms with van der Waals surface area (Å²) in [6.07, 6.45) is 4.20. The molecule has 7 nitrogen and oxygen atoms in total. The van der Waals surface area contributed by atoms with Crippen molar-refractivity contribution in [1.29, 1.82) is 0 Å². The van der Waals surface area contributed by atoms with Crippen LogP contribution in [-0.2, 0) is 6.54 Å². The van der Waals surface area contributed by atoms with Crippen LogP contribution in [0.4, 0.5) is 0 Å². The van der Waals surface area contributed by atoms with Crippen LogP contribution < -0.4 is 14.3 Å². The van der Waals surface area contributed by atoms with Crippen LogP contribution in [0.5, 0.6) is 5.75 Å². The molecule has 0 aliphatic heterocycles. The summed E-state index contributed by atoms with van der Waals surface area (Å²) in [6.45, 7) is 4.49. The van der Waals surface area contributed by atoms with Crippen LogP contribution in [0, 0.1) is 25.7 Å². The van der Waals surface area contributed by atoms with Gasteiger partial charge in [-0.1, -0.05) is 23.4 Å². The number of nitrogens with one attached hydrogen (secondary N) is 1. The Balaban J connectivity index is 2.12. The van der Waals surface area contributed by atoms with Crippen molar-refractivity contribution in [3.63, 3.8) is 0 Å². The minimum Gasteiger partial charge on any atom is -0.496 e. The standard InChI is InChI=1S/C19H22ClN4O3/c1-12-9-24(27-4)15(13(2)17(12)26-3)11-23-10-14(7-5-6-8-25)16-18(20)21-22-19(16)23/h9-10,25H,6,8,11H2,1-4H3,(H,21,22)/q+1. The van der Waals surface area contributed by atoms with Gasteiger partial charge in [0, 0.05) is 17.3 Å². The van der Waals surface area contributed by atoms with Crippen molar-refractivity contribution in [3.8, 4) is 17.6 Å². The van der Waals surface area contributed by atoms with Gasteiger partial charge < -0.3 is 14.4 Å². The lowest BCUT2D eigenvalue weighted by molar-refractivity contribution is -0.891. The van der Waals surface area contributed by atoms with E-state index in [9.17, 15) is 0 Å². The van der Waals surface area contributed by atoms with E-state index in [0.29, 0.717) is 23.8 Å². The van der Waals surface area contributed by atoms with Gasteiger partial charge in [-0.2, -0.15) is 5.10 Å². The molecule has 27 heavy (non-hydrogen) atoms. The molecule has 0 aliphatic carbocycles. The molecular weight excluding hydrogens is 368 g/mol. The molecule has 0 spiro atoms. The minimum atomic E-state index is 0.0200. The van der Waals surface area contributed by atoms with Crippen LogP contribution in [0.2, 0.25) is 5.15 Å². The molecule has 0 amide bonds. The molecular formula is C19H22ClN4O3+. The SMILES string of the molecule is COc1c(C)c[n+](OC)c(Cn2cc(C#CCCO)c3c(Cl)[nH]nc32)c1C. The molecule has 3 aromatic rings. The zero-order valence-corrected chi connectivity index (χ0v) is 16.5. The lowest BCUT2D eigenvalue weighted by Crippen LogP contribution is -2.46. The number of methoxy groups -OCH3 is 1. The number of pyridine rings is 1.